The molecule has 0 radical (unpaired) electrons. The minimum Gasteiger partial charge on any atom is -0.414 e. The summed E-state index contributed by atoms with van der Waals surface area (Å²) < 4.78 is 28.0. The van der Waals surface area contributed by atoms with E-state index >= 15 is 0 Å². The van der Waals surface area contributed by atoms with Crippen molar-refractivity contribution in [2.24, 2.45) is 0 Å². The van der Waals surface area contributed by atoms with Crippen LogP contribution in [-0.4, -0.2) is 36.2 Å². The number of alkyl halides is 1. The highest BCUT2D eigenvalue weighted by Crippen LogP contribution is 2.41. The van der Waals surface area contributed by atoms with Gasteiger partial charge in [-0.2, -0.15) is 0 Å². The molecule has 0 amide bonds. The Morgan fingerprint density at radius 2 is 2.04 bits per heavy atom. The topological polar surface area (TPSA) is 73.3 Å². The molecular formula is C17H29FN2O4Si. The SMILES string of the molecule is Cc1cn([C@H]2C[C@H](F)[C@@](C)(CO[Si](C)(C)C(C)(C)C)O2)c(=O)[nH]c1=O. The lowest BCUT2D eigenvalue weighted by atomic mass is 10.0. The molecule has 1 aromatic heterocycles. The third kappa shape index (κ3) is 3.96. The van der Waals surface area contributed by atoms with Gasteiger partial charge in [0.1, 0.15) is 18.0 Å². The van der Waals surface area contributed by atoms with Crippen LogP contribution in [0.3, 0.4) is 0 Å². The summed E-state index contributed by atoms with van der Waals surface area (Å²) in [6.45, 7) is 14.0. The Balaban J connectivity index is 2.19. The largest absolute Gasteiger partial charge is 0.414 e. The Bertz CT molecular complexity index is 752. The minimum atomic E-state index is -2.04. The Kier molecular flexibility index (Phi) is 5.20. The second-order valence-corrected chi connectivity index (χ2v) is 13.4. The van der Waals surface area contributed by atoms with Crippen molar-refractivity contribution in [3.63, 3.8) is 0 Å². The van der Waals surface area contributed by atoms with E-state index in [9.17, 15) is 14.0 Å². The van der Waals surface area contributed by atoms with E-state index < -0.39 is 37.6 Å². The number of halogens is 1. The standard InChI is InChI=1S/C17H29FN2O4Si/c1-11-9-20(15(22)19-14(11)21)13-8-12(18)17(5,24-13)10-23-25(6,7)16(2,3)4/h9,12-13H,8,10H2,1-7H3,(H,19,21,22)/t12-,13+,17+/m0/s1. The molecule has 2 rings (SSSR count). The molecular weight excluding hydrogens is 343 g/mol. The number of hydrogen-bond donors (Lipinski definition) is 1. The van der Waals surface area contributed by atoms with Gasteiger partial charge in [-0.15, -0.1) is 0 Å². The second kappa shape index (κ2) is 6.48. The summed E-state index contributed by atoms with van der Waals surface area (Å²) in [7, 11) is -2.04. The first-order valence-electron chi connectivity index (χ1n) is 8.55. The van der Waals surface area contributed by atoms with Gasteiger partial charge in [0.15, 0.2) is 8.32 Å². The molecule has 0 unspecified atom stereocenters. The number of hydrogen-bond acceptors (Lipinski definition) is 4. The smallest absolute Gasteiger partial charge is 0.330 e. The van der Waals surface area contributed by atoms with Crippen molar-refractivity contribution >= 4 is 8.32 Å². The van der Waals surface area contributed by atoms with E-state index in [2.05, 4.69) is 38.8 Å². The molecule has 1 saturated heterocycles. The van der Waals surface area contributed by atoms with Crippen molar-refractivity contribution in [2.45, 2.75) is 77.2 Å². The fraction of sp³-hybridized carbons (Fsp3) is 0.765. The van der Waals surface area contributed by atoms with E-state index in [1.165, 1.54) is 10.8 Å². The van der Waals surface area contributed by atoms with Crippen molar-refractivity contribution < 1.29 is 13.6 Å². The van der Waals surface area contributed by atoms with Gasteiger partial charge in [0, 0.05) is 18.2 Å². The van der Waals surface area contributed by atoms with Crippen molar-refractivity contribution in [2.75, 3.05) is 6.61 Å². The lowest BCUT2D eigenvalue weighted by Gasteiger charge is -2.39. The zero-order valence-electron chi connectivity index (χ0n) is 16.1. The van der Waals surface area contributed by atoms with Gasteiger partial charge in [-0.25, -0.2) is 9.18 Å². The van der Waals surface area contributed by atoms with Gasteiger partial charge in [-0.3, -0.25) is 14.3 Å². The van der Waals surface area contributed by atoms with Crippen LogP contribution in [0.15, 0.2) is 15.8 Å². The number of aromatic amines is 1. The van der Waals surface area contributed by atoms with E-state index in [-0.39, 0.29) is 18.1 Å². The van der Waals surface area contributed by atoms with Crippen molar-refractivity contribution in [1.29, 1.82) is 0 Å². The van der Waals surface area contributed by atoms with Gasteiger partial charge >= 0.3 is 5.69 Å². The maximum Gasteiger partial charge on any atom is 0.330 e. The average Bonchev–Trinajstić information content (AvgIpc) is 2.76. The molecule has 25 heavy (non-hydrogen) atoms. The first-order valence-corrected chi connectivity index (χ1v) is 11.5. The van der Waals surface area contributed by atoms with Crippen LogP contribution in [0.5, 0.6) is 0 Å². The van der Waals surface area contributed by atoms with E-state index in [1.807, 2.05) is 0 Å². The molecule has 0 aromatic carbocycles. The van der Waals surface area contributed by atoms with E-state index in [1.54, 1.807) is 13.8 Å². The Labute approximate surface area is 148 Å². The number of aryl methyl sites for hydroxylation is 1. The molecule has 0 spiro atoms. The lowest BCUT2D eigenvalue weighted by molar-refractivity contribution is -0.102. The molecule has 0 saturated carbocycles. The van der Waals surface area contributed by atoms with Crippen LogP contribution in [-0.2, 0) is 9.16 Å². The Morgan fingerprint density at radius 1 is 1.44 bits per heavy atom. The molecule has 2 heterocycles. The first-order chi connectivity index (χ1) is 11.3. The molecule has 1 aliphatic heterocycles. The van der Waals surface area contributed by atoms with Crippen LogP contribution in [0.1, 0.15) is 45.9 Å². The summed E-state index contributed by atoms with van der Waals surface area (Å²) in [5.41, 5.74) is -1.78. The summed E-state index contributed by atoms with van der Waals surface area (Å²) in [4.78, 5) is 25.8. The maximum atomic E-state index is 14.7. The van der Waals surface area contributed by atoms with E-state index in [0.717, 1.165) is 0 Å². The number of nitrogens with zero attached hydrogens (tertiary/aromatic N) is 1. The fourth-order valence-corrected chi connectivity index (χ4v) is 3.57. The summed E-state index contributed by atoms with van der Waals surface area (Å²) in [5, 5.41) is 0.0140. The highest BCUT2D eigenvalue weighted by molar-refractivity contribution is 6.74. The number of aromatic nitrogens is 2. The van der Waals surface area contributed by atoms with Crippen LogP contribution in [0.2, 0.25) is 18.1 Å². The molecule has 142 valence electrons. The van der Waals surface area contributed by atoms with E-state index in [0.29, 0.717) is 5.56 Å². The minimum absolute atomic E-state index is 0.0140. The molecule has 1 aromatic rings. The van der Waals surface area contributed by atoms with Crippen LogP contribution >= 0.6 is 0 Å². The zero-order valence-corrected chi connectivity index (χ0v) is 17.1. The summed E-state index contributed by atoms with van der Waals surface area (Å²) >= 11 is 0. The first kappa shape index (κ1) is 20.1. The van der Waals surface area contributed by atoms with Crippen molar-refractivity contribution in [3.05, 3.63) is 32.6 Å². The number of rotatable bonds is 4. The molecule has 1 N–H and O–H groups in total. The number of ether oxygens (including phenoxy) is 1. The summed E-state index contributed by atoms with van der Waals surface area (Å²) in [6.07, 6.45) is -0.561. The monoisotopic (exact) mass is 372 g/mol. The van der Waals surface area contributed by atoms with Gasteiger partial charge in [-0.05, 0) is 32.0 Å². The van der Waals surface area contributed by atoms with Crippen LogP contribution in [0, 0.1) is 6.92 Å². The van der Waals surface area contributed by atoms with E-state index in [4.69, 9.17) is 9.16 Å². The Morgan fingerprint density at radius 3 is 2.60 bits per heavy atom. The normalized spacial score (nSPS) is 27.7. The second-order valence-electron chi connectivity index (χ2n) is 8.62. The quantitative estimate of drug-likeness (QED) is 0.825. The molecule has 1 aliphatic rings. The van der Waals surface area contributed by atoms with Crippen molar-refractivity contribution in [3.8, 4) is 0 Å². The highest BCUT2D eigenvalue weighted by Gasteiger charge is 2.49. The molecule has 0 bridgehead atoms. The predicted octanol–water partition coefficient (Wildman–Crippen LogP) is 2.88. The van der Waals surface area contributed by atoms with Gasteiger partial charge in [0.25, 0.3) is 5.56 Å². The third-order valence-electron chi connectivity index (χ3n) is 5.46. The Hall–Kier alpha value is -1.25. The van der Waals surface area contributed by atoms with Crippen LogP contribution in [0.25, 0.3) is 0 Å². The average molecular weight is 373 g/mol. The highest BCUT2D eigenvalue weighted by atomic mass is 28.4. The third-order valence-corrected chi connectivity index (χ3v) is 9.94. The molecule has 0 aliphatic carbocycles. The maximum absolute atomic E-state index is 14.7. The molecule has 1 fully saturated rings. The molecule has 6 nitrogen and oxygen atoms in total. The summed E-state index contributed by atoms with van der Waals surface area (Å²) in [6, 6.07) is 0. The van der Waals surface area contributed by atoms with Gasteiger partial charge < -0.3 is 9.16 Å². The number of H-pyrrole nitrogens is 1. The van der Waals surface area contributed by atoms with Crippen LogP contribution in [0.4, 0.5) is 4.39 Å². The fourth-order valence-electron chi connectivity index (χ4n) is 2.49. The predicted molar refractivity (Wildman–Crippen MR) is 97.2 cm³/mol. The lowest BCUT2D eigenvalue weighted by Crippen LogP contribution is -2.47. The van der Waals surface area contributed by atoms with Crippen LogP contribution < -0.4 is 11.2 Å². The van der Waals surface area contributed by atoms with Crippen molar-refractivity contribution in [1.82, 2.24) is 9.55 Å². The zero-order chi connectivity index (χ0) is 19.2. The summed E-state index contributed by atoms with van der Waals surface area (Å²) in [5.74, 6) is 0. The van der Waals surface area contributed by atoms with Gasteiger partial charge in [-0.1, -0.05) is 20.8 Å². The number of nitrogens with one attached hydrogen (secondary N) is 1. The van der Waals surface area contributed by atoms with Gasteiger partial charge in [0.2, 0.25) is 0 Å². The molecule has 8 heteroatoms. The van der Waals surface area contributed by atoms with Gasteiger partial charge in [0.05, 0.1) is 6.61 Å². The molecule has 3 atom stereocenters.